The maximum atomic E-state index is 6.59. The Balaban J connectivity index is 1.44. The van der Waals surface area contributed by atoms with Crippen LogP contribution in [0.3, 0.4) is 0 Å². The smallest absolute Gasteiger partial charge is 0.167 e. The molecule has 0 spiro atoms. The molecule has 5 aromatic rings. The normalized spacial score (nSPS) is 13.0. The highest BCUT2D eigenvalue weighted by atomic mass is 35.5. The summed E-state index contributed by atoms with van der Waals surface area (Å²) in [6.07, 6.45) is 7.62. The van der Waals surface area contributed by atoms with Gasteiger partial charge in [0.15, 0.2) is 5.82 Å². The molecule has 0 amide bonds. The molecule has 4 aromatic heterocycles. The number of rotatable bonds is 12. The average Bonchev–Trinajstić information content (AvgIpc) is 3.61. The predicted molar refractivity (Wildman–Crippen MR) is 159 cm³/mol. The molecule has 0 radical (unpaired) electrons. The Labute approximate surface area is 242 Å². The molecule has 0 aliphatic carbocycles. The molecule has 2 atom stereocenters. The molecule has 5 N–H and O–H groups in total. The second-order valence-electron chi connectivity index (χ2n) is 9.75. The largest absolute Gasteiger partial charge is 0.329 e. The lowest BCUT2D eigenvalue weighted by Gasteiger charge is -2.23. The van der Waals surface area contributed by atoms with Crippen LogP contribution in [0.5, 0.6) is 0 Å². The number of hydrogen-bond donors (Lipinski definition) is 3. The lowest BCUT2D eigenvalue weighted by molar-refractivity contribution is 0.264. The van der Waals surface area contributed by atoms with Gasteiger partial charge in [-0.2, -0.15) is 5.10 Å². The van der Waals surface area contributed by atoms with E-state index in [1.165, 1.54) is 11.9 Å². The second kappa shape index (κ2) is 13.2. The molecular weight excluding hydrogens is 542 g/mol. The van der Waals surface area contributed by atoms with Crippen molar-refractivity contribution in [1.82, 2.24) is 35.0 Å². The third kappa shape index (κ3) is 6.96. The fourth-order valence-corrected chi connectivity index (χ4v) is 6.09. The molecule has 0 fully saturated rings. The van der Waals surface area contributed by atoms with Crippen molar-refractivity contribution >= 4 is 22.9 Å². The number of aromatic amines is 1. The molecule has 40 heavy (non-hydrogen) atoms. The van der Waals surface area contributed by atoms with E-state index in [-0.39, 0.29) is 12.0 Å². The van der Waals surface area contributed by atoms with Gasteiger partial charge in [-0.15, -0.1) is 11.3 Å². The van der Waals surface area contributed by atoms with E-state index in [1.54, 1.807) is 11.3 Å². The monoisotopic (exact) mass is 573 g/mol. The molecule has 5 rings (SSSR count). The summed E-state index contributed by atoms with van der Waals surface area (Å²) in [6.45, 7) is 4.87. The second-order valence-corrected chi connectivity index (χ2v) is 11.2. The summed E-state index contributed by atoms with van der Waals surface area (Å²) in [6, 6.07) is 15.8. The van der Waals surface area contributed by atoms with Crippen LogP contribution in [0.2, 0.25) is 5.02 Å². The Morgan fingerprint density at radius 3 is 2.42 bits per heavy atom. The first kappa shape index (κ1) is 28.0. The number of pyridine rings is 2. The third-order valence-corrected chi connectivity index (χ3v) is 8.03. The fourth-order valence-electron chi connectivity index (χ4n) is 4.70. The molecule has 9 nitrogen and oxygen atoms in total. The molecular formula is C29H32ClN9S. The van der Waals surface area contributed by atoms with Crippen molar-refractivity contribution in [2.24, 2.45) is 11.5 Å². The fraction of sp³-hybridized carbons (Fsp3) is 0.276. The van der Waals surface area contributed by atoms with Gasteiger partial charge in [0.25, 0.3) is 0 Å². The van der Waals surface area contributed by atoms with Gasteiger partial charge in [-0.1, -0.05) is 23.7 Å². The van der Waals surface area contributed by atoms with Crippen LogP contribution in [0, 0.1) is 0 Å². The van der Waals surface area contributed by atoms with Crippen LogP contribution in [0.4, 0.5) is 0 Å². The van der Waals surface area contributed by atoms with E-state index < -0.39 is 0 Å². The highest BCUT2D eigenvalue weighted by Gasteiger charge is 2.27. The molecule has 0 aliphatic rings. The summed E-state index contributed by atoms with van der Waals surface area (Å²) in [5.41, 5.74) is 17.8. The van der Waals surface area contributed by atoms with Gasteiger partial charge < -0.3 is 11.5 Å². The molecule has 0 bridgehead atoms. The molecule has 1 aromatic carbocycles. The van der Waals surface area contributed by atoms with Crippen molar-refractivity contribution in [3.05, 3.63) is 112 Å². The van der Waals surface area contributed by atoms with E-state index in [9.17, 15) is 0 Å². The number of nitrogens with zero attached hydrogens (tertiary/aromatic N) is 6. The zero-order valence-corrected chi connectivity index (χ0v) is 23.8. The van der Waals surface area contributed by atoms with Gasteiger partial charge >= 0.3 is 0 Å². The first-order valence-electron chi connectivity index (χ1n) is 13.1. The van der Waals surface area contributed by atoms with E-state index in [0.29, 0.717) is 23.8 Å². The lowest BCUT2D eigenvalue weighted by Crippen LogP contribution is -2.29. The highest BCUT2D eigenvalue weighted by molar-refractivity contribution is 7.15. The summed E-state index contributed by atoms with van der Waals surface area (Å²) in [4.78, 5) is 21.7. The zero-order valence-electron chi connectivity index (χ0n) is 22.2. The van der Waals surface area contributed by atoms with Crippen molar-refractivity contribution in [1.29, 1.82) is 0 Å². The summed E-state index contributed by atoms with van der Waals surface area (Å²) in [5, 5.41) is 8.65. The van der Waals surface area contributed by atoms with E-state index in [1.807, 2.05) is 68.0 Å². The van der Waals surface area contributed by atoms with Crippen LogP contribution < -0.4 is 11.5 Å². The van der Waals surface area contributed by atoms with Crippen molar-refractivity contribution in [3.8, 4) is 10.7 Å². The number of nitrogens with one attached hydrogen (secondary N) is 1. The van der Waals surface area contributed by atoms with Gasteiger partial charge in [0, 0.05) is 62.3 Å². The van der Waals surface area contributed by atoms with E-state index in [4.69, 9.17) is 33.0 Å². The Morgan fingerprint density at radius 1 is 0.975 bits per heavy atom. The minimum absolute atomic E-state index is 0.186. The van der Waals surface area contributed by atoms with Gasteiger partial charge in [-0.3, -0.25) is 20.0 Å². The van der Waals surface area contributed by atoms with Gasteiger partial charge in [0.2, 0.25) is 0 Å². The summed E-state index contributed by atoms with van der Waals surface area (Å²) >= 11 is 7.69. The minimum atomic E-state index is -0.211. The third-order valence-electron chi connectivity index (χ3n) is 6.59. The first-order valence-corrected chi connectivity index (χ1v) is 14.3. The van der Waals surface area contributed by atoms with Crippen molar-refractivity contribution < 1.29 is 0 Å². The molecule has 2 unspecified atom stereocenters. The van der Waals surface area contributed by atoms with Gasteiger partial charge in [-0.05, 0) is 60.0 Å². The summed E-state index contributed by atoms with van der Waals surface area (Å²) in [5.74, 6) is 0.500. The van der Waals surface area contributed by atoms with Crippen LogP contribution in [-0.2, 0) is 19.5 Å². The number of halogens is 1. The van der Waals surface area contributed by atoms with E-state index in [0.717, 1.165) is 52.0 Å². The number of thiazole rings is 1. The van der Waals surface area contributed by atoms with Crippen molar-refractivity contribution in [2.75, 3.05) is 13.1 Å². The molecule has 11 heteroatoms. The van der Waals surface area contributed by atoms with Gasteiger partial charge in [0.1, 0.15) is 11.3 Å². The Kier molecular flexibility index (Phi) is 9.25. The van der Waals surface area contributed by atoms with Crippen LogP contribution in [0.15, 0.2) is 73.4 Å². The predicted octanol–water partition coefficient (Wildman–Crippen LogP) is 4.40. The summed E-state index contributed by atoms with van der Waals surface area (Å²) in [7, 11) is 0. The molecule has 206 valence electrons. The summed E-state index contributed by atoms with van der Waals surface area (Å²) < 4.78 is 0. The Hall–Kier alpha value is -3.54. The van der Waals surface area contributed by atoms with Crippen LogP contribution >= 0.6 is 22.9 Å². The maximum absolute atomic E-state index is 6.59. The van der Waals surface area contributed by atoms with Crippen molar-refractivity contribution in [3.63, 3.8) is 0 Å². The first-order chi connectivity index (χ1) is 19.5. The minimum Gasteiger partial charge on any atom is -0.329 e. The van der Waals surface area contributed by atoms with Crippen molar-refractivity contribution in [2.45, 2.75) is 38.4 Å². The topological polar surface area (TPSA) is 136 Å². The quantitative estimate of drug-likeness (QED) is 0.200. The number of aromatic nitrogens is 6. The van der Waals surface area contributed by atoms with Crippen LogP contribution in [0.1, 0.15) is 45.9 Å². The molecule has 0 saturated heterocycles. The van der Waals surface area contributed by atoms with Crippen LogP contribution in [-0.4, -0.2) is 54.2 Å². The highest BCUT2D eigenvalue weighted by Crippen LogP contribution is 2.36. The standard InChI is InChI=1S/C29H32ClN9S/c1-19(32)26(24-15-22(8-12-34-24)17-39(13-9-31)16-21-6-10-33-11-7-21)29-37-25(14-20-2-4-23(30)5-3-20)27(40-29)28-35-18-36-38-28/h2-8,10-12,15,18-19,26H,9,13-14,16-17,31-32H2,1H3,(H,35,36,38). The SMILES string of the molecule is CC(N)C(c1cc(CN(CCN)Cc2ccncc2)ccn1)c1nc(Cc2ccc(Cl)cc2)c(-c2ncn[nH]2)s1. The molecule has 4 heterocycles. The Bertz CT molecular complexity index is 1490. The van der Waals surface area contributed by atoms with E-state index >= 15 is 0 Å². The zero-order chi connectivity index (χ0) is 27.9. The molecule has 0 aliphatic heterocycles. The number of benzene rings is 1. The van der Waals surface area contributed by atoms with E-state index in [2.05, 4.69) is 31.1 Å². The van der Waals surface area contributed by atoms with Crippen LogP contribution in [0.25, 0.3) is 10.7 Å². The Morgan fingerprint density at radius 2 is 1.73 bits per heavy atom. The average molecular weight is 574 g/mol. The number of nitrogens with two attached hydrogens (primary N) is 2. The number of H-pyrrole nitrogens is 1. The van der Waals surface area contributed by atoms with Gasteiger partial charge in [0.05, 0.1) is 22.2 Å². The molecule has 0 saturated carbocycles. The maximum Gasteiger partial charge on any atom is 0.167 e. The lowest BCUT2D eigenvalue weighted by atomic mass is 9.96. The van der Waals surface area contributed by atoms with Gasteiger partial charge in [-0.25, -0.2) is 9.97 Å². The number of hydrogen-bond acceptors (Lipinski definition) is 9.